The molecule has 2 heteroatoms. The molecule has 0 aromatic heterocycles. The van der Waals surface area contributed by atoms with Crippen LogP contribution >= 0.6 is 17.2 Å². The van der Waals surface area contributed by atoms with E-state index in [4.69, 9.17) is 0 Å². The summed E-state index contributed by atoms with van der Waals surface area (Å²) in [5.74, 6) is 3.65. The Bertz CT molecular complexity index is 1260. The fraction of sp³-hybridized carbons (Fsp3) is 0.500. The van der Waals surface area contributed by atoms with Gasteiger partial charge in [0.25, 0.3) is 0 Å². The first kappa shape index (κ1) is 26.7. The van der Waals surface area contributed by atoms with Crippen LogP contribution in [0.15, 0.2) is 66.7 Å². The van der Waals surface area contributed by atoms with Gasteiger partial charge < -0.3 is 0 Å². The zero-order valence-corrected chi connectivity index (χ0v) is 26.2. The van der Waals surface area contributed by atoms with Gasteiger partial charge >= 0.3 is 0 Å². The van der Waals surface area contributed by atoms with Crippen molar-refractivity contribution in [2.45, 2.75) is 83.7 Å². The Morgan fingerprint density at radius 3 is 1.92 bits per heavy atom. The molecule has 0 nitrogen and oxygen atoms in total. The van der Waals surface area contributed by atoms with Crippen LogP contribution in [0.1, 0.15) is 80.7 Å². The highest BCUT2D eigenvalue weighted by molar-refractivity contribution is 7.72. The average Bonchev–Trinajstić information content (AvgIpc) is 2.87. The van der Waals surface area contributed by atoms with Crippen molar-refractivity contribution in [3.63, 3.8) is 0 Å². The minimum atomic E-state index is -0.498. The molecule has 0 spiro atoms. The quantitative estimate of drug-likeness (QED) is 0.274. The summed E-state index contributed by atoms with van der Waals surface area (Å²) < 4.78 is 0. The maximum absolute atomic E-state index is 3.19. The predicted molar refractivity (Wildman–Crippen MR) is 171 cm³/mol. The summed E-state index contributed by atoms with van der Waals surface area (Å²) in [7, 11) is 2.69. The van der Waals surface area contributed by atoms with Gasteiger partial charge in [-0.1, -0.05) is 87.5 Å². The number of hydrogen-bond acceptors (Lipinski definition) is 0. The summed E-state index contributed by atoms with van der Waals surface area (Å²) >= 11 is 0. The van der Waals surface area contributed by atoms with Crippen molar-refractivity contribution >= 4 is 27.8 Å². The Labute approximate surface area is 235 Å². The molecule has 0 aliphatic heterocycles. The molecule has 0 saturated heterocycles. The summed E-state index contributed by atoms with van der Waals surface area (Å²) in [4.78, 5) is 0. The van der Waals surface area contributed by atoms with Gasteiger partial charge in [0.1, 0.15) is 0 Å². The largest absolute Gasteiger partial charge is 0.137 e. The molecule has 0 radical (unpaired) electrons. The Hall–Kier alpha value is -1.48. The Morgan fingerprint density at radius 1 is 0.816 bits per heavy atom. The fourth-order valence-electron chi connectivity index (χ4n) is 8.86. The number of benzene rings is 3. The summed E-state index contributed by atoms with van der Waals surface area (Å²) in [5, 5.41) is 3.11. The minimum absolute atomic E-state index is 0.156. The molecule has 7 rings (SSSR count). The van der Waals surface area contributed by atoms with Gasteiger partial charge in [0.05, 0.1) is 0 Å². The molecule has 3 aromatic rings. The Balaban J connectivity index is 1.53. The van der Waals surface area contributed by atoms with Gasteiger partial charge in [-0.15, -0.1) is 9.24 Å². The van der Waals surface area contributed by atoms with Crippen molar-refractivity contribution in [1.29, 1.82) is 0 Å². The van der Waals surface area contributed by atoms with E-state index in [9.17, 15) is 0 Å². The van der Waals surface area contributed by atoms with Crippen molar-refractivity contribution in [1.82, 2.24) is 0 Å². The molecule has 4 aliphatic carbocycles. The van der Waals surface area contributed by atoms with Gasteiger partial charge in [-0.3, -0.25) is 0 Å². The first-order chi connectivity index (χ1) is 18.2. The van der Waals surface area contributed by atoms with Crippen molar-refractivity contribution in [2.24, 2.45) is 23.7 Å². The van der Waals surface area contributed by atoms with Gasteiger partial charge in [-0.2, -0.15) is 0 Å². The van der Waals surface area contributed by atoms with Crippen LogP contribution in [0, 0.1) is 37.5 Å². The lowest BCUT2D eigenvalue weighted by atomic mass is 9.43. The third-order valence-corrected chi connectivity index (χ3v) is 13.8. The zero-order valence-electron chi connectivity index (χ0n) is 24.1. The maximum atomic E-state index is 3.19. The number of hydrogen-bond donors (Lipinski definition) is 0. The first-order valence-electron chi connectivity index (χ1n) is 14.9. The van der Waals surface area contributed by atoms with E-state index in [2.05, 4.69) is 111 Å². The summed E-state index contributed by atoms with van der Waals surface area (Å²) in [5.41, 5.74) is 8.28. The first-order valence-corrected chi connectivity index (χ1v) is 17.3. The van der Waals surface area contributed by atoms with E-state index in [0.717, 1.165) is 29.8 Å². The maximum Gasteiger partial charge on any atom is 0.00107 e. The average molecular weight is 541 g/mol. The lowest BCUT2D eigenvalue weighted by Crippen LogP contribution is -2.56. The molecule has 4 fully saturated rings. The van der Waals surface area contributed by atoms with Gasteiger partial charge in [-0.05, 0) is 133 Å². The van der Waals surface area contributed by atoms with E-state index in [1.54, 1.807) is 21.7 Å². The second kappa shape index (κ2) is 10.2. The normalized spacial score (nSPS) is 28.3. The Morgan fingerprint density at radius 2 is 1.39 bits per heavy atom. The van der Waals surface area contributed by atoms with E-state index in [1.807, 2.05) is 0 Å². The van der Waals surface area contributed by atoms with Gasteiger partial charge in [0.2, 0.25) is 0 Å². The van der Waals surface area contributed by atoms with E-state index >= 15 is 0 Å². The highest BCUT2D eigenvalue weighted by atomic mass is 31.1. The van der Waals surface area contributed by atoms with Crippen LogP contribution in [0.2, 0.25) is 0 Å². The number of aryl methyl sites for hydroxylation is 2. The SMILES string of the molecule is Cc1ccccc1P(Cc1cc(C(C)(C)C)ccc1C12CC3CC(CC(C3)C1CP)C2)c1ccccc1C. The van der Waals surface area contributed by atoms with Crippen LogP contribution in [-0.4, -0.2) is 6.16 Å². The van der Waals surface area contributed by atoms with Gasteiger partial charge in [-0.25, -0.2) is 0 Å². The summed E-state index contributed by atoms with van der Waals surface area (Å²) in [6.07, 6.45) is 9.74. The summed E-state index contributed by atoms with van der Waals surface area (Å²) in [6, 6.07) is 26.2. The molecule has 0 amide bonds. The zero-order chi connectivity index (χ0) is 26.7. The second-order valence-corrected chi connectivity index (χ2v) is 16.5. The molecule has 4 unspecified atom stereocenters. The summed E-state index contributed by atoms with van der Waals surface area (Å²) in [6.45, 7) is 11.8. The molecular weight excluding hydrogens is 494 g/mol. The molecule has 4 aliphatic rings. The van der Waals surface area contributed by atoms with Crippen LogP contribution in [0.3, 0.4) is 0 Å². The molecular formula is C36H46P2. The van der Waals surface area contributed by atoms with Crippen molar-refractivity contribution < 1.29 is 0 Å². The minimum Gasteiger partial charge on any atom is -0.137 e. The van der Waals surface area contributed by atoms with E-state index in [1.165, 1.54) is 55.0 Å². The Kier molecular flexibility index (Phi) is 7.15. The molecule has 38 heavy (non-hydrogen) atoms. The topological polar surface area (TPSA) is 0 Å². The van der Waals surface area contributed by atoms with Crippen molar-refractivity contribution in [2.75, 3.05) is 6.16 Å². The van der Waals surface area contributed by atoms with E-state index < -0.39 is 7.92 Å². The van der Waals surface area contributed by atoms with E-state index in [-0.39, 0.29) is 5.41 Å². The van der Waals surface area contributed by atoms with Crippen LogP contribution in [0.25, 0.3) is 0 Å². The molecule has 0 N–H and O–H groups in total. The van der Waals surface area contributed by atoms with E-state index in [0.29, 0.717) is 5.41 Å². The lowest BCUT2D eigenvalue weighted by Gasteiger charge is -2.62. The third kappa shape index (κ3) is 4.63. The van der Waals surface area contributed by atoms with Crippen molar-refractivity contribution in [3.05, 3.63) is 94.5 Å². The second-order valence-electron chi connectivity index (χ2n) is 13.9. The fourth-order valence-corrected chi connectivity index (χ4v) is 12.4. The highest BCUT2D eigenvalue weighted by Gasteiger charge is 2.57. The molecule has 200 valence electrons. The van der Waals surface area contributed by atoms with Crippen LogP contribution in [0.5, 0.6) is 0 Å². The monoisotopic (exact) mass is 540 g/mol. The van der Waals surface area contributed by atoms with Gasteiger partial charge in [0, 0.05) is 6.16 Å². The third-order valence-electron chi connectivity index (χ3n) is 10.4. The lowest BCUT2D eigenvalue weighted by molar-refractivity contribution is -0.0520. The number of rotatable bonds is 6. The molecule has 4 bridgehead atoms. The van der Waals surface area contributed by atoms with Crippen LogP contribution in [0.4, 0.5) is 0 Å². The smallest absolute Gasteiger partial charge is 0.00107 e. The van der Waals surface area contributed by atoms with Crippen molar-refractivity contribution in [3.8, 4) is 0 Å². The van der Waals surface area contributed by atoms with Gasteiger partial charge in [0.15, 0.2) is 0 Å². The molecule has 3 aromatic carbocycles. The highest BCUT2D eigenvalue weighted by Crippen LogP contribution is 2.64. The molecule has 4 saturated carbocycles. The molecule has 4 atom stereocenters. The van der Waals surface area contributed by atoms with Crippen LogP contribution < -0.4 is 10.6 Å². The van der Waals surface area contributed by atoms with Crippen LogP contribution in [-0.2, 0) is 17.0 Å². The predicted octanol–water partition coefficient (Wildman–Crippen LogP) is 8.80. The molecule has 0 heterocycles. The standard InChI is InChI=1S/C36H46P2/c1-24-10-6-8-12-33(24)38(34-13-9-7-11-25(34)2)23-29-19-30(35(3,4)5)14-15-31(29)36-20-26-16-27(21-36)18-28(17-26)32(36)22-37/h6-15,19,26-28,32H,16-18,20-23,37H2,1-5H3.